The number of carbonyl (C=O) groups is 3. The number of ketones is 1. The number of benzene rings is 2. The van der Waals surface area contributed by atoms with Crippen molar-refractivity contribution in [1.82, 2.24) is 0 Å². The fourth-order valence-electron chi connectivity index (χ4n) is 7.17. The van der Waals surface area contributed by atoms with Crippen molar-refractivity contribution < 1.29 is 19.1 Å². The van der Waals surface area contributed by atoms with Gasteiger partial charge in [-0.25, -0.2) is 4.90 Å². The summed E-state index contributed by atoms with van der Waals surface area (Å²) in [4.78, 5) is 43.0. The lowest BCUT2D eigenvalue weighted by atomic mass is 9.69. The Morgan fingerprint density at radius 1 is 0.806 bits per heavy atom. The van der Waals surface area contributed by atoms with Gasteiger partial charge in [-0.1, -0.05) is 60.7 Å². The molecule has 5 aliphatic rings. The number of carbonyl (C=O) groups excluding carboxylic acids is 3. The molecule has 2 aromatic rings. The highest BCUT2D eigenvalue weighted by Gasteiger charge is 2.77. The van der Waals surface area contributed by atoms with Crippen LogP contribution in [-0.4, -0.2) is 23.7 Å². The first kappa shape index (κ1) is 17.6. The predicted octanol–water partition coefficient (Wildman–Crippen LogP) is 3.11. The molecule has 8 atom stereocenters. The van der Waals surface area contributed by atoms with E-state index in [0.29, 0.717) is 11.3 Å². The Balaban J connectivity index is 1.45. The second-order valence-electron chi connectivity index (χ2n) is 9.45. The van der Waals surface area contributed by atoms with Gasteiger partial charge in [0.05, 0.1) is 23.6 Å². The van der Waals surface area contributed by atoms with Crippen molar-refractivity contribution in [3.05, 3.63) is 78.4 Å². The van der Waals surface area contributed by atoms with Crippen molar-refractivity contribution in [1.29, 1.82) is 0 Å². The molecule has 1 saturated carbocycles. The number of rotatable bonds is 2. The number of ether oxygens (including phenoxy) is 1. The van der Waals surface area contributed by atoms with E-state index in [2.05, 4.69) is 12.2 Å². The zero-order chi connectivity index (χ0) is 20.9. The van der Waals surface area contributed by atoms with Crippen LogP contribution in [0.3, 0.4) is 0 Å². The van der Waals surface area contributed by atoms with Crippen molar-refractivity contribution >= 4 is 23.3 Å². The van der Waals surface area contributed by atoms with Crippen molar-refractivity contribution in [2.75, 3.05) is 4.90 Å². The number of nitrogens with zero attached hydrogens (tertiary/aromatic N) is 1. The minimum Gasteiger partial charge on any atom is -0.357 e. The zero-order valence-electron chi connectivity index (χ0n) is 16.8. The van der Waals surface area contributed by atoms with Gasteiger partial charge >= 0.3 is 0 Å². The molecule has 5 heteroatoms. The lowest BCUT2D eigenvalue weighted by Gasteiger charge is -2.44. The van der Waals surface area contributed by atoms with Crippen LogP contribution >= 0.6 is 0 Å². The molecule has 3 heterocycles. The number of imide groups is 1. The number of para-hydroxylation sites is 1. The summed E-state index contributed by atoms with van der Waals surface area (Å²) in [6, 6.07) is 18.4. The molecule has 4 bridgehead atoms. The summed E-state index contributed by atoms with van der Waals surface area (Å²) in [6.45, 7) is 0. The van der Waals surface area contributed by atoms with E-state index in [-0.39, 0.29) is 41.3 Å². The topological polar surface area (TPSA) is 63.7 Å². The minimum absolute atomic E-state index is 0.0136. The van der Waals surface area contributed by atoms with Gasteiger partial charge in [0.15, 0.2) is 11.4 Å². The summed E-state index contributed by atoms with van der Waals surface area (Å²) in [5.74, 6) is -1.78. The molecule has 2 amide bonds. The molecular weight excluding hydrogens is 390 g/mol. The van der Waals surface area contributed by atoms with E-state index in [1.54, 1.807) is 12.1 Å². The van der Waals surface area contributed by atoms with Gasteiger partial charge in [0, 0.05) is 11.8 Å². The van der Waals surface area contributed by atoms with E-state index >= 15 is 0 Å². The van der Waals surface area contributed by atoms with E-state index in [4.69, 9.17) is 4.74 Å². The molecule has 3 saturated heterocycles. The fourth-order valence-corrected chi connectivity index (χ4v) is 7.17. The molecule has 7 rings (SSSR count). The number of hydrogen-bond donors (Lipinski definition) is 0. The fraction of sp³-hybridized carbons (Fsp3) is 0.346. The largest absolute Gasteiger partial charge is 0.357 e. The van der Waals surface area contributed by atoms with Crippen LogP contribution in [0.2, 0.25) is 0 Å². The first-order valence-electron chi connectivity index (χ1n) is 11.0. The van der Waals surface area contributed by atoms with Crippen molar-refractivity contribution in [3.63, 3.8) is 0 Å². The molecule has 2 aliphatic carbocycles. The van der Waals surface area contributed by atoms with E-state index in [9.17, 15) is 14.4 Å². The third-order valence-electron chi connectivity index (χ3n) is 8.25. The first-order chi connectivity index (χ1) is 15.1. The van der Waals surface area contributed by atoms with Crippen LogP contribution < -0.4 is 4.90 Å². The van der Waals surface area contributed by atoms with Crippen molar-refractivity contribution in [2.45, 2.75) is 18.1 Å². The smallest absolute Gasteiger partial charge is 0.241 e. The maximum atomic E-state index is 14.2. The molecular formula is C26H21NO4. The third-order valence-corrected chi connectivity index (χ3v) is 8.25. The first-order valence-corrected chi connectivity index (χ1v) is 11.0. The molecule has 0 N–H and O–H groups in total. The summed E-state index contributed by atoms with van der Waals surface area (Å²) in [7, 11) is 0. The second-order valence-corrected chi connectivity index (χ2v) is 9.45. The summed E-state index contributed by atoms with van der Waals surface area (Å²) in [5, 5.41) is 0. The molecule has 0 unspecified atom stereocenters. The Kier molecular flexibility index (Phi) is 3.29. The van der Waals surface area contributed by atoms with E-state index in [1.807, 2.05) is 48.5 Å². The lowest BCUT2D eigenvalue weighted by Crippen LogP contribution is -2.55. The molecule has 4 fully saturated rings. The number of Topliss-reactive ketones (excluding diaryl/α,β-unsaturated/α-hetero) is 1. The van der Waals surface area contributed by atoms with Crippen LogP contribution in [-0.2, 0) is 24.7 Å². The molecule has 2 aromatic carbocycles. The molecule has 0 radical (unpaired) electrons. The standard InChI is InChI=1S/C26H21NO4/c28-23-19-15-12-11-14(13-15)18(19)22-20-21(26(23,31-22)16-7-3-1-4-8-16)25(30)27(24(20)29)17-9-5-2-6-10-17/h1-12,14-15,18-22H,13H2/t14-,15+,18+,19-,20+,21+,22+,26+/m0/s1. The second kappa shape index (κ2) is 5.80. The highest BCUT2D eigenvalue weighted by Crippen LogP contribution is 2.66. The van der Waals surface area contributed by atoms with Crippen LogP contribution in [0.25, 0.3) is 0 Å². The number of amides is 2. The van der Waals surface area contributed by atoms with Gasteiger partial charge in [0.2, 0.25) is 11.8 Å². The highest BCUT2D eigenvalue weighted by molar-refractivity contribution is 6.24. The molecule has 31 heavy (non-hydrogen) atoms. The Hall–Kier alpha value is -3.05. The Labute approximate surface area is 179 Å². The SMILES string of the molecule is O=C1[C@H]2[C@@H]3O[C@@](c4ccccc4)(C(=O)[C@@H]4[C@H]3[C@H]3C=C[C@@H]4C3)[C@H]2C(=O)N1c1ccccc1. The van der Waals surface area contributed by atoms with Crippen molar-refractivity contribution in [3.8, 4) is 0 Å². The van der Waals surface area contributed by atoms with Crippen LogP contribution in [0.5, 0.6) is 0 Å². The normalized spacial score (nSPS) is 41.7. The Bertz CT molecular complexity index is 1160. The maximum absolute atomic E-state index is 14.2. The predicted molar refractivity (Wildman–Crippen MR) is 112 cm³/mol. The van der Waals surface area contributed by atoms with Crippen LogP contribution in [0.1, 0.15) is 12.0 Å². The Morgan fingerprint density at radius 3 is 2.23 bits per heavy atom. The van der Waals surface area contributed by atoms with Crippen LogP contribution in [0, 0.1) is 35.5 Å². The van der Waals surface area contributed by atoms with Gasteiger partial charge in [0.1, 0.15) is 0 Å². The van der Waals surface area contributed by atoms with Crippen molar-refractivity contribution in [2.24, 2.45) is 35.5 Å². The number of hydrogen-bond acceptors (Lipinski definition) is 4. The minimum atomic E-state index is -1.38. The lowest BCUT2D eigenvalue weighted by molar-refractivity contribution is -0.179. The molecule has 0 aromatic heterocycles. The number of allylic oxidation sites excluding steroid dienone is 2. The highest BCUT2D eigenvalue weighted by atomic mass is 16.5. The average Bonchev–Trinajstić information content (AvgIpc) is 3.54. The van der Waals surface area contributed by atoms with Gasteiger partial charge in [-0.05, 0) is 36.0 Å². The summed E-state index contributed by atoms with van der Waals surface area (Å²) < 4.78 is 6.59. The molecule has 154 valence electrons. The van der Waals surface area contributed by atoms with Crippen LogP contribution in [0.15, 0.2) is 72.8 Å². The quantitative estimate of drug-likeness (QED) is 0.563. The summed E-state index contributed by atoms with van der Waals surface area (Å²) in [5.41, 5.74) is -0.129. The van der Waals surface area contributed by atoms with E-state index in [1.165, 1.54) is 4.90 Å². The number of anilines is 1. The average molecular weight is 411 g/mol. The Morgan fingerprint density at radius 2 is 1.48 bits per heavy atom. The van der Waals surface area contributed by atoms with Gasteiger partial charge in [-0.15, -0.1) is 0 Å². The molecule has 5 nitrogen and oxygen atoms in total. The zero-order valence-corrected chi connectivity index (χ0v) is 16.8. The van der Waals surface area contributed by atoms with Gasteiger partial charge < -0.3 is 4.74 Å². The summed E-state index contributed by atoms with van der Waals surface area (Å²) in [6.07, 6.45) is 4.86. The molecule has 3 aliphatic heterocycles. The number of fused-ring (bicyclic) bond motifs is 11. The maximum Gasteiger partial charge on any atom is 0.241 e. The molecule has 0 spiro atoms. The van der Waals surface area contributed by atoms with Crippen LogP contribution in [0.4, 0.5) is 5.69 Å². The van der Waals surface area contributed by atoms with Gasteiger partial charge in [-0.2, -0.15) is 0 Å². The van der Waals surface area contributed by atoms with E-state index < -0.39 is 23.5 Å². The summed E-state index contributed by atoms with van der Waals surface area (Å²) >= 11 is 0. The third kappa shape index (κ3) is 1.94. The van der Waals surface area contributed by atoms with Gasteiger partial charge in [0.25, 0.3) is 0 Å². The van der Waals surface area contributed by atoms with Gasteiger partial charge in [-0.3, -0.25) is 14.4 Å². The van der Waals surface area contributed by atoms with E-state index in [0.717, 1.165) is 6.42 Å². The monoisotopic (exact) mass is 411 g/mol.